The van der Waals surface area contributed by atoms with Crippen LogP contribution in [0.25, 0.3) is 10.8 Å². The summed E-state index contributed by atoms with van der Waals surface area (Å²) in [5.41, 5.74) is 4.44. The third-order valence-electron chi connectivity index (χ3n) is 5.65. The van der Waals surface area contributed by atoms with E-state index >= 15 is 0 Å². The largest absolute Gasteiger partial charge is 0.147 e. The van der Waals surface area contributed by atoms with Crippen LogP contribution >= 0.6 is 24.8 Å². The fourth-order valence-electron chi connectivity index (χ4n) is 4.29. The molecule has 0 radical (unpaired) electrons. The molecule has 1 nitrogen and oxygen atoms in total. The Bertz CT molecular complexity index is 969. The van der Waals surface area contributed by atoms with Gasteiger partial charge in [-0.05, 0) is 0 Å². The SMILES string of the molecule is CC1=C(C)C(C)[C]([Ti]([CH3])([CH3])(=[SiH2])[O]c2ccc3ccccc3c2)=C1C.Cl.Cl. The first-order valence-electron chi connectivity index (χ1n) is 8.73. The van der Waals surface area contributed by atoms with Crippen molar-refractivity contribution in [3.8, 4) is 5.75 Å². The number of rotatable bonds is 3. The fourth-order valence-corrected chi connectivity index (χ4v) is 13.4. The van der Waals surface area contributed by atoms with Gasteiger partial charge in [0.25, 0.3) is 0 Å². The molecule has 2 aromatic carbocycles. The third-order valence-corrected chi connectivity index (χ3v) is 13.1. The Kier molecular flexibility index (Phi) is 7.10. The van der Waals surface area contributed by atoms with E-state index in [1.807, 2.05) is 0 Å². The van der Waals surface area contributed by atoms with E-state index in [1.54, 1.807) is 3.88 Å². The molecule has 26 heavy (non-hydrogen) atoms. The summed E-state index contributed by atoms with van der Waals surface area (Å²) in [7, 11) is 2.14. The average molecular weight is 445 g/mol. The minimum absolute atomic E-state index is 0. The number of hydrogen-bond donors (Lipinski definition) is 0. The van der Waals surface area contributed by atoms with E-state index in [-0.39, 0.29) is 24.8 Å². The molecule has 2 aromatic rings. The summed E-state index contributed by atoms with van der Waals surface area (Å²) < 4.78 is 8.43. The summed E-state index contributed by atoms with van der Waals surface area (Å²) in [6.07, 6.45) is 0. The predicted octanol–water partition coefficient (Wildman–Crippen LogP) is 6.57. The molecule has 0 spiro atoms. The number of hydrogen-bond acceptors (Lipinski definition) is 1. The van der Waals surface area contributed by atoms with Crippen molar-refractivity contribution in [1.29, 1.82) is 0 Å². The average Bonchev–Trinajstić information content (AvgIpc) is 2.70. The van der Waals surface area contributed by atoms with Crippen molar-refractivity contribution in [2.75, 3.05) is 0 Å². The van der Waals surface area contributed by atoms with Crippen LogP contribution in [-0.2, 0) is 14.4 Å². The normalized spacial score (nSPS) is 17.9. The topological polar surface area (TPSA) is 9.23 Å². The first kappa shape index (κ1) is 23.5. The minimum atomic E-state index is -3.22. The van der Waals surface area contributed by atoms with E-state index in [0.29, 0.717) is 5.92 Å². The standard InChI is InChI=1S/C10H8O.C9H13.2CH3.2ClH.H2Si.Ti/c11-10-6-5-8-3-1-2-4-9(8)7-10;1-6-5-7(2)9(4)8(6)3;;;;;;/h1-7,11H;6H,1-4H3;2*1H3;2*1H;1H2;/q;;;;;;;+1/p-1. The minimum Gasteiger partial charge on any atom is -0.147 e. The Hall–Kier alpha value is -0.509. The Balaban J connectivity index is 0.00000169. The maximum atomic E-state index is 6.84. The summed E-state index contributed by atoms with van der Waals surface area (Å²) >= 11 is -3.22. The van der Waals surface area contributed by atoms with Crippen molar-refractivity contribution in [2.24, 2.45) is 5.92 Å². The van der Waals surface area contributed by atoms with Gasteiger partial charge in [0, 0.05) is 0 Å². The maximum Gasteiger partial charge on any atom is -0.147 e. The van der Waals surface area contributed by atoms with Crippen LogP contribution in [0.4, 0.5) is 0 Å². The molecule has 0 N–H and O–H groups in total. The van der Waals surface area contributed by atoms with Gasteiger partial charge in [0.15, 0.2) is 0 Å². The quantitative estimate of drug-likeness (QED) is 0.486. The number of allylic oxidation sites excluding steroid dienone is 4. The molecule has 5 heteroatoms. The summed E-state index contributed by atoms with van der Waals surface area (Å²) in [6.45, 7) is 9.16. The number of benzene rings is 2. The van der Waals surface area contributed by atoms with Gasteiger partial charge in [-0.25, -0.2) is 0 Å². The van der Waals surface area contributed by atoms with E-state index in [4.69, 9.17) is 3.32 Å². The van der Waals surface area contributed by atoms with Crippen LogP contribution in [-0.4, -0.2) is 7.63 Å². The molecule has 1 atom stereocenters. The monoisotopic (exact) mass is 444 g/mol. The van der Waals surface area contributed by atoms with Gasteiger partial charge in [-0.2, -0.15) is 0 Å². The molecule has 0 aromatic heterocycles. The molecule has 1 unspecified atom stereocenters. The van der Waals surface area contributed by atoms with Crippen LogP contribution in [0.5, 0.6) is 5.75 Å². The van der Waals surface area contributed by atoms with E-state index < -0.39 is 14.4 Å². The van der Waals surface area contributed by atoms with Crippen LogP contribution in [0.3, 0.4) is 0 Å². The molecule has 1 aliphatic carbocycles. The van der Waals surface area contributed by atoms with Crippen molar-refractivity contribution in [1.82, 2.24) is 0 Å². The smallest absolute Gasteiger partial charge is 0.147 e. The molecule has 0 saturated heterocycles. The van der Waals surface area contributed by atoms with Gasteiger partial charge in [0.2, 0.25) is 0 Å². The van der Waals surface area contributed by atoms with Crippen molar-refractivity contribution in [2.45, 2.75) is 38.2 Å². The van der Waals surface area contributed by atoms with Gasteiger partial charge in [-0.15, -0.1) is 24.8 Å². The summed E-state index contributed by atoms with van der Waals surface area (Å²) in [5, 5.41) is 7.33. The molecule has 0 heterocycles. The molecule has 0 bridgehead atoms. The van der Waals surface area contributed by atoms with Crippen LogP contribution in [0, 0.1) is 5.92 Å². The first-order chi connectivity index (χ1) is 11.1. The molecule has 1 aliphatic rings. The van der Waals surface area contributed by atoms with Gasteiger partial charge in [0.05, 0.1) is 0 Å². The van der Waals surface area contributed by atoms with Gasteiger partial charge in [0.1, 0.15) is 0 Å². The van der Waals surface area contributed by atoms with Crippen LogP contribution < -0.4 is 3.32 Å². The van der Waals surface area contributed by atoms with Crippen LogP contribution in [0.15, 0.2) is 63.1 Å². The Labute approximate surface area is 173 Å². The van der Waals surface area contributed by atoms with Crippen molar-refractivity contribution in [3.05, 3.63) is 63.1 Å². The number of fused-ring (bicyclic) bond motifs is 1. The van der Waals surface area contributed by atoms with Crippen molar-refractivity contribution >= 4 is 43.2 Å². The summed E-state index contributed by atoms with van der Waals surface area (Å²) in [4.78, 5) is 0. The maximum absolute atomic E-state index is 6.84. The molecule has 0 aliphatic heterocycles. The number of halogens is 2. The molecule has 0 amide bonds. The van der Waals surface area contributed by atoms with Crippen LogP contribution in [0.2, 0.25) is 10.5 Å². The molecule has 3 rings (SSSR count). The molecular weight excluding hydrogens is 415 g/mol. The van der Waals surface area contributed by atoms with E-state index in [2.05, 4.69) is 88.2 Å². The zero-order valence-corrected chi connectivity index (χ0v) is 21.2. The second-order valence-electron chi connectivity index (χ2n) is 8.22. The second kappa shape index (κ2) is 7.85. The molecule has 0 saturated carbocycles. The fraction of sp³-hybridized carbons (Fsp3) is 0.333. The molecular formula is C21H30Cl2OSiTi. The zero-order chi connectivity index (χ0) is 17.7. The summed E-state index contributed by atoms with van der Waals surface area (Å²) in [6, 6.07) is 15.0. The Morgan fingerprint density at radius 3 is 2.00 bits per heavy atom. The van der Waals surface area contributed by atoms with Gasteiger partial charge < -0.3 is 0 Å². The molecule has 142 valence electrons. The van der Waals surface area contributed by atoms with E-state index in [1.165, 1.54) is 27.5 Å². The predicted molar refractivity (Wildman–Crippen MR) is 120 cm³/mol. The first-order valence-corrected chi connectivity index (χ1v) is 17.3. The van der Waals surface area contributed by atoms with Gasteiger partial charge in [-0.1, -0.05) is 0 Å². The third kappa shape index (κ3) is 4.15. The zero-order valence-electron chi connectivity index (χ0n) is 16.6. The van der Waals surface area contributed by atoms with Gasteiger partial charge in [-0.3, -0.25) is 0 Å². The Morgan fingerprint density at radius 1 is 0.885 bits per heavy atom. The van der Waals surface area contributed by atoms with E-state index in [9.17, 15) is 0 Å². The van der Waals surface area contributed by atoms with E-state index in [0.717, 1.165) is 5.75 Å². The van der Waals surface area contributed by atoms with Crippen LogP contribution in [0.1, 0.15) is 27.7 Å². The molecule has 0 fully saturated rings. The summed E-state index contributed by atoms with van der Waals surface area (Å²) in [5.74, 6) is 1.52. The second-order valence-corrected chi connectivity index (χ2v) is 25.8. The van der Waals surface area contributed by atoms with Crippen molar-refractivity contribution < 1.29 is 17.7 Å². The Morgan fingerprint density at radius 2 is 1.46 bits per heavy atom. The van der Waals surface area contributed by atoms with Crippen molar-refractivity contribution in [3.63, 3.8) is 0 Å². The van der Waals surface area contributed by atoms with Gasteiger partial charge >= 0.3 is 149 Å².